The van der Waals surface area contributed by atoms with E-state index in [4.69, 9.17) is 19.3 Å². The van der Waals surface area contributed by atoms with Crippen molar-refractivity contribution in [3.05, 3.63) is 12.7 Å². The average Bonchev–Trinajstić information content (AvgIpc) is 3.43. The van der Waals surface area contributed by atoms with Gasteiger partial charge in [0.15, 0.2) is 34.3 Å². The van der Waals surface area contributed by atoms with Crippen molar-refractivity contribution in [3.63, 3.8) is 0 Å². The van der Waals surface area contributed by atoms with Crippen molar-refractivity contribution in [1.29, 1.82) is 0 Å². The SMILES string of the molecule is CC[Si](CC)(CC)O[C@@H]1[C@H](O[Si](CC)(CC)CC)[C@@H](CO)O[C@H]1n1cnc2c(N)ncnc21. The number of hydrogen-bond donors (Lipinski definition) is 2. The standard InChI is InChI=1S/C22H41N5O4Si2/c1-7-32(8-2,9-3)30-18-16(13-28)29-22(19(18)31-33(10-4,11-5)12-6)27-15-26-17-20(23)24-14-25-21(17)27/h14-16,18-19,22,28H,7-13H2,1-6H3,(H2,23,24,25)/t16-,18-,19-,22-/m1/s1. The van der Waals surface area contributed by atoms with E-state index in [-0.39, 0.29) is 18.8 Å². The second-order valence-electron chi connectivity index (χ2n) is 8.98. The van der Waals surface area contributed by atoms with E-state index in [0.717, 1.165) is 36.3 Å². The lowest BCUT2D eigenvalue weighted by Gasteiger charge is -2.39. The number of nitrogen functional groups attached to an aromatic ring is 1. The molecule has 3 heterocycles. The zero-order valence-electron chi connectivity index (χ0n) is 21.0. The zero-order chi connectivity index (χ0) is 24.2. The van der Waals surface area contributed by atoms with Gasteiger partial charge in [-0.1, -0.05) is 41.5 Å². The fourth-order valence-corrected chi connectivity index (χ4v) is 10.7. The first kappa shape index (κ1) is 26.2. The highest BCUT2D eigenvalue weighted by Gasteiger charge is 2.52. The molecule has 9 nitrogen and oxygen atoms in total. The van der Waals surface area contributed by atoms with Gasteiger partial charge < -0.3 is 24.4 Å². The second-order valence-corrected chi connectivity index (χ2v) is 18.4. The fourth-order valence-electron chi connectivity index (χ4n) is 4.98. The van der Waals surface area contributed by atoms with Crippen molar-refractivity contribution < 1.29 is 18.7 Å². The average molecular weight is 496 g/mol. The zero-order valence-corrected chi connectivity index (χ0v) is 23.0. The van der Waals surface area contributed by atoms with Crippen LogP contribution in [0.3, 0.4) is 0 Å². The molecular formula is C22H41N5O4Si2. The van der Waals surface area contributed by atoms with E-state index in [1.54, 1.807) is 6.33 Å². The first-order valence-corrected chi connectivity index (χ1v) is 17.5. The summed E-state index contributed by atoms with van der Waals surface area (Å²) in [5.74, 6) is 0.328. The smallest absolute Gasteiger partial charge is 0.192 e. The fraction of sp³-hybridized carbons (Fsp3) is 0.773. The van der Waals surface area contributed by atoms with Crippen molar-refractivity contribution in [2.24, 2.45) is 0 Å². The molecule has 2 aromatic rings. The van der Waals surface area contributed by atoms with Crippen LogP contribution in [0.1, 0.15) is 47.8 Å². The van der Waals surface area contributed by atoms with Gasteiger partial charge in [0.05, 0.1) is 12.9 Å². The summed E-state index contributed by atoms with van der Waals surface area (Å²) < 4.78 is 22.4. The van der Waals surface area contributed by atoms with Gasteiger partial charge in [-0.25, -0.2) is 15.0 Å². The first-order chi connectivity index (χ1) is 15.9. The van der Waals surface area contributed by atoms with Crippen LogP contribution in [0.15, 0.2) is 12.7 Å². The van der Waals surface area contributed by atoms with Crippen molar-refractivity contribution >= 4 is 33.6 Å². The van der Waals surface area contributed by atoms with Gasteiger partial charge in [-0.15, -0.1) is 0 Å². The predicted molar refractivity (Wildman–Crippen MR) is 135 cm³/mol. The largest absolute Gasteiger partial charge is 0.408 e. The molecule has 0 saturated carbocycles. The number of hydrogen-bond acceptors (Lipinski definition) is 8. The van der Waals surface area contributed by atoms with Crippen LogP contribution < -0.4 is 5.73 Å². The molecule has 0 spiro atoms. The highest BCUT2D eigenvalue weighted by molar-refractivity contribution is 6.74. The van der Waals surface area contributed by atoms with E-state index in [2.05, 4.69) is 56.5 Å². The number of nitrogens with zero attached hydrogens (tertiary/aromatic N) is 4. The summed E-state index contributed by atoms with van der Waals surface area (Å²) in [7, 11) is -4.01. The summed E-state index contributed by atoms with van der Waals surface area (Å²) in [5, 5.41) is 10.3. The highest BCUT2D eigenvalue weighted by atomic mass is 28.4. The third-order valence-corrected chi connectivity index (χ3v) is 17.0. The molecule has 0 unspecified atom stereocenters. The molecule has 0 bridgehead atoms. The predicted octanol–water partition coefficient (Wildman–Crippen LogP) is 4.08. The monoisotopic (exact) mass is 495 g/mol. The summed E-state index contributed by atoms with van der Waals surface area (Å²) in [6.45, 7) is 13.1. The minimum absolute atomic E-state index is 0.134. The molecule has 186 valence electrons. The minimum Gasteiger partial charge on any atom is -0.408 e. The first-order valence-electron chi connectivity index (χ1n) is 12.4. The Labute approximate surface area is 199 Å². The van der Waals surface area contributed by atoms with Gasteiger partial charge in [-0.2, -0.15) is 0 Å². The van der Waals surface area contributed by atoms with E-state index in [9.17, 15) is 5.11 Å². The number of aliphatic hydroxyl groups is 1. The maximum atomic E-state index is 10.3. The number of ether oxygens (including phenoxy) is 1. The van der Waals surface area contributed by atoms with E-state index < -0.39 is 29.0 Å². The van der Waals surface area contributed by atoms with Gasteiger partial charge in [-0.3, -0.25) is 4.57 Å². The maximum absolute atomic E-state index is 10.3. The lowest BCUT2D eigenvalue weighted by atomic mass is 10.1. The molecule has 1 aliphatic heterocycles. The van der Waals surface area contributed by atoms with Crippen LogP contribution in [0.2, 0.25) is 36.3 Å². The number of anilines is 1. The molecule has 0 radical (unpaired) electrons. The van der Waals surface area contributed by atoms with Gasteiger partial charge >= 0.3 is 0 Å². The van der Waals surface area contributed by atoms with Crippen LogP contribution in [0.25, 0.3) is 11.2 Å². The quantitative estimate of drug-likeness (QED) is 0.423. The number of rotatable bonds is 12. The topological polar surface area (TPSA) is 118 Å². The van der Waals surface area contributed by atoms with Crippen molar-refractivity contribution in [2.75, 3.05) is 12.3 Å². The molecule has 2 aromatic heterocycles. The molecule has 3 N–H and O–H groups in total. The van der Waals surface area contributed by atoms with Gasteiger partial charge in [-0.05, 0) is 36.3 Å². The Hall–Kier alpha value is -1.38. The van der Waals surface area contributed by atoms with Crippen LogP contribution in [0.4, 0.5) is 5.82 Å². The molecule has 1 saturated heterocycles. The van der Waals surface area contributed by atoms with Gasteiger partial charge in [0.1, 0.15) is 30.2 Å². The molecule has 11 heteroatoms. The number of imidazole rings is 1. The van der Waals surface area contributed by atoms with E-state index >= 15 is 0 Å². The molecule has 1 aliphatic rings. The van der Waals surface area contributed by atoms with Crippen molar-refractivity contribution in [2.45, 2.75) is 102 Å². The number of fused-ring (bicyclic) bond motifs is 1. The number of aliphatic hydroxyl groups excluding tert-OH is 1. The molecular weight excluding hydrogens is 454 g/mol. The summed E-state index contributed by atoms with van der Waals surface area (Å²) in [6.07, 6.45) is 1.42. The molecule has 0 amide bonds. The van der Waals surface area contributed by atoms with Gasteiger partial charge in [0.2, 0.25) is 0 Å². The molecule has 0 aliphatic carbocycles. The van der Waals surface area contributed by atoms with Gasteiger partial charge in [0.25, 0.3) is 0 Å². The Morgan fingerprint density at radius 2 is 1.45 bits per heavy atom. The Kier molecular flexibility index (Phi) is 8.68. The van der Waals surface area contributed by atoms with Crippen molar-refractivity contribution in [1.82, 2.24) is 19.5 Å². The second kappa shape index (κ2) is 10.9. The summed E-state index contributed by atoms with van der Waals surface area (Å²) >= 11 is 0. The third-order valence-electron chi connectivity index (χ3n) is 7.76. The van der Waals surface area contributed by atoms with Crippen LogP contribution in [0.5, 0.6) is 0 Å². The number of nitrogens with two attached hydrogens (primary N) is 1. The lowest BCUT2D eigenvalue weighted by Crippen LogP contribution is -2.51. The van der Waals surface area contributed by atoms with Crippen LogP contribution in [-0.2, 0) is 13.6 Å². The van der Waals surface area contributed by atoms with Gasteiger partial charge in [0, 0.05) is 0 Å². The third kappa shape index (κ3) is 4.89. The van der Waals surface area contributed by atoms with Crippen LogP contribution in [0, 0.1) is 0 Å². The van der Waals surface area contributed by atoms with Crippen LogP contribution in [-0.4, -0.2) is 66.2 Å². The van der Waals surface area contributed by atoms with E-state index in [1.165, 1.54) is 6.33 Å². The summed E-state index contributed by atoms with van der Waals surface area (Å²) in [5.41, 5.74) is 7.17. The highest BCUT2D eigenvalue weighted by Crippen LogP contribution is 2.41. The molecule has 4 atom stereocenters. The van der Waals surface area contributed by atoms with E-state index in [0.29, 0.717) is 17.0 Å². The Balaban J connectivity index is 2.10. The normalized spacial score (nSPS) is 24.1. The molecule has 33 heavy (non-hydrogen) atoms. The number of aromatic nitrogens is 4. The summed E-state index contributed by atoms with van der Waals surface area (Å²) in [6, 6.07) is 6.08. The molecule has 0 aromatic carbocycles. The Morgan fingerprint density at radius 3 is 1.97 bits per heavy atom. The Morgan fingerprint density at radius 1 is 0.909 bits per heavy atom. The molecule has 3 rings (SSSR count). The minimum atomic E-state index is -2.02. The van der Waals surface area contributed by atoms with Crippen LogP contribution >= 0.6 is 0 Å². The molecule has 1 fully saturated rings. The van der Waals surface area contributed by atoms with Crippen molar-refractivity contribution in [3.8, 4) is 0 Å². The lowest BCUT2D eigenvalue weighted by molar-refractivity contribution is -0.0488. The van der Waals surface area contributed by atoms with E-state index in [1.807, 2.05) is 4.57 Å². The summed E-state index contributed by atoms with van der Waals surface area (Å²) in [4.78, 5) is 12.9. The maximum Gasteiger partial charge on any atom is 0.192 e. The Bertz CT molecular complexity index is 890.